The molecule has 7 aromatic heterocycles. The van der Waals surface area contributed by atoms with Gasteiger partial charge in [-0.05, 0) is 218 Å². The number of hydrogen-bond acceptors (Lipinski definition) is 17. The minimum Gasteiger partial charge on any atom is -0.497 e. The largest absolute Gasteiger partial charge is 0.497 e. The van der Waals surface area contributed by atoms with Crippen LogP contribution in [0.2, 0.25) is 0 Å². The van der Waals surface area contributed by atoms with Crippen molar-refractivity contribution in [3.05, 3.63) is 391 Å². The van der Waals surface area contributed by atoms with E-state index >= 15 is 0 Å². The number of rotatable bonds is 7. The molecule has 0 unspecified atom stereocenters. The van der Waals surface area contributed by atoms with E-state index in [0.717, 1.165) is 46.1 Å². The first-order valence-electron chi connectivity index (χ1n) is 40.0. The van der Waals surface area contributed by atoms with E-state index in [1.54, 1.807) is 106 Å². The van der Waals surface area contributed by atoms with Crippen molar-refractivity contribution in [3.63, 3.8) is 0 Å². The predicted octanol–water partition coefficient (Wildman–Crippen LogP) is 24.3. The lowest BCUT2D eigenvalue weighted by molar-refractivity contribution is 0.413. The molecule has 17 heteroatoms. The molecular formula is C105H84O17. The molecule has 606 valence electrons. The fourth-order valence-electron chi connectivity index (χ4n) is 14.9. The molecule has 21 rings (SSSR count). The van der Waals surface area contributed by atoms with Crippen molar-refractivity contribution in [3.8, 4) is 17.2 Å². The zero-order valence-electron chi connectivity index (χ0n) is 68.7. The van der Waals surface area contributed by atoms with E-state index in [1.807, 2.05) is 207 Å². The molecule has 0 aliphatic heterocycles. The second-order valence-electron chi connectivity index (χ2n) is 29.6. The van der Waals surface area contributed by atoms with Crippen molar-refractivity contribution < 1.29 is 45.1 Å². The highest BCUT2D eigenvalue weighted by Crippen LogP contribution is 2.32. The average molecular weight is 1620 g/mol. The van der Waals surface area contributed by atoms with Crippen molar-refractivity contribution in [2.24, 2.45) is 0 Å². The maximum absolute atomic E-state index is 12.7. The van der Waals surface area contributed by atoms with Crippen LogP contribution in [-0.2, 0) is 12.8 Å². The van der Waals surface area contributed by atoms with Crippen molar-refractivity contribution in [1.82, 2.24) is 0 Å². The Hall–Kier alpha value is -15.2. The Morgan fingerprint density at radius 3 is 0.975 bits per heavy atom. The fourth-order valence-corrected chi connectivity index (χ4v) is 14.9. The van der Waals surface area contributed by atoms with Gasteiger partial charge in [-0.15, -0.1) is 0 Å². The molecule has 0 aliphatic rings. The van der Waals surface area contributed by atoms with E-state index in [1.165, 1.54) is 5.56 Å². The lowest BCUT2D eigenvalue weighted by Gasteiger charge is -2.09. The Kier molecular flexibility index (Phi) is 24.1. The zero-order chi connectivity index (χ0) is 85.4. The topological polar surface area (TPSA) is 239 Å². The highest BCUT2D eigenvalue weighted by Gasteiger charge is 2.18. The molecule has 0 N–H and O–H groups in total. The van der Waals surface area contributed by atoms with Crippen LogP contribution in [0.5, 0.6) is 17.2 Å². The summed E-state index contributed by atoms with van der Waals surface area (Å²) in [6.07, 6.45) is 1.79. The van der Waals surface area contributed by atoms with E-state index < -0.39 is 0 Å². The lowest BCUT2D eigenvalue weighted by Crippen LogP contribution is -2.06. The van der Waals surface area contributed by atoms with E-state index in [-0.39, 0.29) is 38.0 Å². The lowest BCUT2D eigenvalue weighted by atomic mass is 9.97. The third-order valence-corrected chi connectivity index (χ3v) is 21.3. The summed E-state index contributed by atoms with van der Waals surface area (Å²) in [6, 6.07) is 88.2. The maximum Gasteiger partial charge on any atom is 0.200 e. The quantitative estimate of drug-likeness (QED) is 0.135. The summed E-state index contributed by atoms with van der Waals surface area (Å²) in [5.41, 5.74) is 14.6. The molecule has 0 bridgehead atoms. The summed E-state index contributed by atoms with van der Waals surface area (Å²) in [5.74, 6) is 2.69. The molecule has 21 aromatic rings. The van der Waals surface area contributed by atoms with Gasteiger partial charge in [0.05, 0.1) is 96.7 Å². The molecular weight excluding hydrogens is 1530 g/mol. The smallest absolute Gasteiger partial charge is 0.200 e. The number of hydrogen-bond donors (Lipinski definition) is 0. The number of methoxy groups -OCH3 is 3. The molecule has 0 saturated carbocycles. The Morgan fingerprint density at radius 2 is 0.566 bits per heavy atom. The second kappa shape index (κ2) is 35.9. The summed E-state index contributed by atoms with van der Waals surface area (Å²) in [6.45, 7) is 14.6. The predicted molar refractivity (Wildman–Crippen MR) is 491 cm³/mol. The highest BCUT2D eigenvalue weighted by atomic mass is 16.5. The molecule has 17 nitrogen and oxygen atoms in total. The van der Waals surface area contributed by atoms with Gasteiger partial charge in [-0.2, -0.15) is 0 Å². The first kappa shape index (κ1) is 81.9. The van der Waals surface area contributed by atoms with Gasteiger partial charge in [-0.1, -0.05) is 162 Å². The van der Waals surface area contributed by atoms with Crippen LogP contribution in [0.3, 0.4) is 0 Å². The third kappa shape index (κ3) is 16.7. The zero-order valence-corrected chi connectivity index (χ0v) is 68.7. The van der Waals surface area contributed by atoms with Gasteiger partial charge in [0.15, 0.2) is 0 Å². The summed E-state index contributed by atoms with van der Waals surface area (Å²) < 4.78 is 55.7. The molecule has 0 spiro atoms. The summed E-state index contributed by atoms with van der Waals surface area (Å²) in [4.78, 5) is 86.3. The fraction of sp³-hybridized carbons (Fsp3) is 0.133. The van der Waals surface area contributed by atoms with Crippen LogP contribution in [0, 0.1) is 6.92 Å². The Balaban J connectivity index is 0.000000111. The van der Waals surface area contributed by atoms with Crippen LogP contribution in [-0.4, -0.2) is 21.3 Å². The van der Waals surface area contributed by atoms with Crippen LogP contribution < -0.4 is 52.2 Å². The van der Waals surface area contributed by atoms with Gasteiger partial charge in [0.1, 0.15) is 95.4 Å². The van der Waals surface area contributed by atoms with E-state index in [9.17, 15) is 33.6 Å². The molecule has 0 saturated heterocycles. The van der Waals surface area contributed by atoms with Gasteiger partial charge < -0.3 is 45.1 Å². The van der Waals surface area contributed by atoms with Crippen LogP contribution in [0.25, 0.3) is 154 Å². The minimum absolute atomic E-state index is 0.0271. The van der Waals surface area contributed by atoms with Crippen LogP contribution >= 0.6 is 0 Å². The van der Waals surface area contributed by atoms with Crippen LogP contribution in [0.1, 0.15) is 81.2 Å². The number of benzene rings is 14. The average Bonchev–Trinajstić information content (AvgIpc) is 0.775. The third-order valence-electron chi connectivity index (χ3n) is 21.3. The summed E-state index contributed by atoms with van der Waals surface area (Å²) in [5, 5.41) is 8.81. The van der Waals surface area contributed by atoms with Gasteiger partial charge in [0.2, 0.25) is 38.0 Å². The second-order valence-corrected chi connectivity index (χ2v) is 29.6. The normalized spacial score (nSPS) is 11.1. The molecule has 0 aliphatic carbocycles. The van der Waals surface area contributed by atoms with Gasteiger partial charge in [-0.25, -0.2) is 0 Å². The Morgan fingerprint density at radius 1 is 0.254 bits per heavy atom. The van der Waals surface area contributed by atoms with Crippen molar-refractivity contribution >= 4 is 154 Å². The number of ether oxygens (including phenoxy) is 3. The number of para-hydroxylation sites is 8. The number of aryl methyl sites for hydroxylation is 3. The molecule has 0 amide bonds. The number of fused-ring (bicyclic) bond motifs is 14. The summed E-state index contributed by atoms with van der Waals surface area (Å²) >= 11 is 0. The molecule has 122 heavy (non-hydrogen) atoms. The minimum atomic E-state index is -0.0541. The SMILES string of the molecule is CC(C)c1ccc2oc3ccccc3c(=O)c2c1.CC(C)c1cccc2c(=O)c3ccccc3oc12.CCc1ccc2oc3ccccc3c(=O)c2c1CC.COc1ccc2c(=O)c3ccc(OC)cc3oc2c1.COc1ccc2oc3ccccc3c(=O)c2c1.Cc1ccc2oc3ccccc3c(=O)c2c1.O=c1c2ccccc2oc2ccccc12. The van der Waals surface area contributed by atoms with Gasteiger partial charge in [0, 0.05) is 12.1 Å². The monoisotopic (exact) mass is 1620 g/mol. The van der Waals surface area contributed by atoms with Crippen molar-refractivity contribution in [1.29, 1.82) is 0 Å². The van der Waals surface area contributed by atoms with Gasteiger partial charge >= 0.3 is 0 Å². The van der Waals surface area contributed by atoms with Crippen molar-refractivity contribution in [2.75, 3.05) is 21.3 Å². The standard InChI is InChI=1S/C17H16O2.2C16H14O2.C15H12O4.C14H10O3.C14H10O2.C13H8O2/c1-3-11-9-10-15-16(12(11)4-2)17(18)13-7-5-6-8-14(13)19-15;1-10(2)11-7-5-8-13-15(17)12-6-3-4-9-14(12)18-16(11)13;1-10(2)11-7-8-15-13(9-11)16(17)12-5-3-4-6-14(12)18-15;1-17-9-3-5-11-13(7-9)19-14-8-10(18-2)4-6-12(14)15(11)16;1-16-9-6-7-13-11(8-9)14(15)10-4-2-3-5-12(10)17-13;1-9-6-7-13-11(8-9)14(15)10-4-2-3-5-12(10)16-13;14-13-9-5-1-3-7-11(9)15-12-8-4-2-6-10(12)13/h5-10H,3-4H2,1-2H3;2*3-10H,1-2H3;3-8H,1-2H3;2-8H,1H3;2-8H,1H3;1-8H. The highest BCUT2D eigenvalue weighted by molar-refractivity contribution is 5.97. The van der Waals surface area contributed by atoms with Crippen molar-refractivity contribution in [2.45, 2.75) is 73.1 Å². The van der Waals surface area contributed by atoms with E-state index in [0.29, 0.717) is 172 Å². The maximum atomic E-state index is 12.7. The Labute approximate surface area is 697 Å². The van der Waals surface area contributed by atoms with Crippen LogP contribution in [0.4, 0.5) is 0 Å². The molecule has 7 heterocycles. The first-order valence-corrected chi connectivity index (χ1v) is 40.0. The molecule has 0 atom stereocenters. The van der Waals surface area contributed by atoms with Gasteiger partial charge in [-0.3, -0.25) is 33.6 Å². The van der Waals surface area contributed by atoms with Gasteiger partial charge in [0.25, 0.3) is 0 Å². The van der Waals surface area contributed by atoms with E-state index in [2.05, 4.69) is 47.6 Å². The van der Waals surface area contributed by atoms with E-state index in [4.69, 9.17) is 45.1 Å². The summed E-state index contributed by atoms with van der Waals surface area (Å²) in [7, 11) is 4.72. The first-order chi connectivity index (χ1) is 59.2. The molecule has 14 aromatic carbocycles. The molecule has 0 fully saturated rings. The molecule has 0 radical (unpaired) electrons. The Bertz CT molecular complexity index is 7880. The van der Waals surface area contributed by atoms with Crippen LogP contribution in [0.15, 0.2) is 356 Å².